The summed E-state index contributed by atoms with van der Waals surface area (Å²) in [6, 6.07) is 3.69. The SMILES string of the molecule is CCc1c(Cl)ccc2ncc(Cl)nc12. The number of rotatable bonds is 1. The third-order valence-corrected chi connectivity index (χ3v) is 2.62. The van der Waals surface area contributed by atoms with Crippen LogP contribution in [-0.4, -0.2) is 9.97 Å². The fourth-order valence-electron chi connectivity index (χ4n) is 1.42. The molecular weight excluding hydrogens is 219 g/mol. The zero-order valence-corrected chi connectivity index (χ0v) is 9.10. The predicted octanol–water partition coefficient (Wildman–Crippen LogP) is 3.50. The van der Waals surface area contributed by atoms with Gasteiger partial charge in [0.05, 0.1) is 17.2 Å². The highest BCUT2D eigenvalue weighted by molar-refractivity contribution is 6.32. The van der Waals surface area contributed by atoms with Crippen molar-refractivity contribution in [3.8, 4) is 0 Å². The summed E-state index contributed by atoms with van der Waals surface area (Å²) in [4.78, 5) is 8.40. The number of fused-ring (bicyclic) bond motifs is 1. The van der Waals surface area contributed by atoms with Crippen LogP contribution in [0.5, 0.6) is 0 Å². The molecule has 0 amide bonds. The highest BCUT2D eigenvalue weighted by Gasteiger charge is 2.06. The van der Waals surface area contributed by atoms with Gasteiger partial charge in [-0.25, -0.2) is 4.98 Å². The molecule has 1 aromatic carbocycles. The summed E-state index contributed by atoms with van der Waals surface area (Å²) in [5.74, 6) is 0. The van der Waals surface area contributed by atoms with E-state index >= 15 is 0 Å². The van der Waals surface area contributed by atoms with Crippen molar-refractivity contribution in [2.24, 2.45) is 0 Å². The van der Waals surface area contributed by atoms with E-state index in [4.69, 9.17) is 23.2 Å². The number of aryl methyl sites for hydroxylation is 1. The highest BCUT2D eigenvalue weighted by atomic mass is 35.5. The maximum atomic E-state index is 6.04. The van der Waals surface area contributed by atoms with Crippen LogP contribution in [0.1, 0.15) is 12.5 Å². The van der Waals surface area contributed by atoms with Crippen molar-refractivity contribution in [2.75, 3.05) is 0 Å². The molecule has 0 saturated carbocycles. The van der Waals surface area contributed by atoms with Gasteiger partial charge in [0, 0.05) is 5.02 Å². The molecule has 1 aromatic heterocycles. The Hall–Kier alpha value is -0.860. The van der Waals surface area contributed by atoms with Crippen LogP contribution in [0.25, 0.3) is 11.0 Å². The van der Waals surface area contributed by atoms with E-state index in [-0.39, 0.29) is 0 Å². The summed E-state index contributed by atoms with van der Waals surface area (Å²) in [5, 5.41) is 1.12. The molecule has 0 aliphatic carbocycles. The first kappa shape index (κ1) is 9.69. The number of benzene rings is 1. The van der Waals surface area contributed by atoms with Gasteiger partial charge < -0.3 is 0 Å². The lowest BCUT2D eigenvalue weighted by atomic mass is 10.1. The van der Waals surface area contributed by atoms with Crippen LogP contribution in [0, 0.1) is 0 Å². The van der Waals surface area contributed by atoms with Gasteiger partial charge in [-0.3, -0.25) is 4.98 Å². The lowest BCUT2D eigenvalue weighted by molar-refractivity contribution is 1.14. The Morgan fingerprint density at radius 1 is 1.29 bits per heavy atom. The van der Waals surface area contributed by atoms with Crippen molar-refractivity contribution >= 4 is 34.2 Å². The smallest absolute Gasteiger partial charge is 0.148 e. The molecule has 14 heavy (non-hydrogen) atoms. The third kappa shape index (κ3) is 1.56. The second-order valence-electron chi connectivity index (χ2n) is 2.94. The number of halogens is 2. The normalized spacial score (nSPS) is 10.8. The molecule has 0 saturated heterocycles. The Kier molecular flexibility index (Phi) is 2.57. The third-order valence-electron chi connectivity index (χ3n) is 2.09. The van der Waals surface area contributed by atoms with E-state index < -0.39 is 0 Å². The number of nitrogens with zero attached hydrogens (tertiary/aromatic N) is 2. The Bertz CT molecular complexity index is 478. The summed E-state index contributed by atoms with van der Waals surface area (Å²) in [6.07, 6.45) is 2.36. The molecule has 2 aromatic rings. The van der Waals surface area contributed by atoms with E-state index in [9.17, 15) is 0 Å². The minimum atomic E-state index is 0.398. The summed E-state index contributed by atoms with van der Waals surface area (Å²) in [5.41, 5.74) is 2.63. The van der Waals surface area contributed by atoms with Crippen LogP contribution >= 0.6 is 23.2 Å². The number of hydrogen-bond donors (Lipinski definition) is 0. The molecule has 1 heterocycles. The second-order valence-corrected chi connectivity index (χ2v) is 3.73. The maximum Gasteiger partial charge on any atom is 0.148 e. The number of aromatic nitrogens is 2. The lowest BCUT2D eigenvalue weighted by Crippen LogP contribution is -1.91. The Morgan fingerprint density at radius 3 is 2.79 bits per heavy atom. The van der Waals surface area contributed by atoms with Crippen molar-refractivity contribution in [1.82, 2.24) is 9.97 Å². The average molecular weight is 227 g/mol. The fraction of sp³-hybridized carbons (Fsp3) is 0.200. The van der Waals surface area contributed by atoms with Gasteiger partial charge in [-0.05, 0) is 24.1 Å². The van der Waals surface area contributed by atoms with Crippen molar-refractivity contribution < 1.29 is 0 Å². The molecule has 0 N–H and O–H groups in total. The molecule has 0 atom stereocenters. The molecule has 0 spiro atoms. The molecule has 0 unspecified atom stereocenters. The molecule has 0 bridgehead atoms. The Balaban J connectivity index is 2.84. The minimum absolute atomic E-state index is 0.398. The van der Waals surface area contributed by atoms with E-state index in [1.54, 1.807) is 0 Å². The van der Waals surface area contributed by atoms with Gasteiger partial charge in [0.2, 0.25) is 0 Å². The molecule has 0 fully saturated rings. The van der Waals surface area contributed by atoms with Gasteiger partial charge in [-0.2, -0.15) is 0 Å². The van der Waals surface area contributed by atoms with E-state index in [1.165, 1.54) is 6.20 Å². The van der Waals surface area contributed by atoms with Crippen molar-refractivity contribution in [1.29, 1.82) is 0 Å². The quantitative estimate of drug-likeness (QED) is 0.745. The molecule has 2 rings (SSSR count). The van der Waals surface area contributed by atoms with E-state index in [1.807, 2.05) is 19.1 Å². The first-order chi connectivity index (χ1) is 6.72. The van der Waals surface area contributed by atoms with Gasteiger partial charge in [-0.15, -0.1) is 0 Å². The molecule has 4 heteroatoms. The Morgan fingerprint density at radius 2 is 2.07 bits per heavy atom. The van der Waals surface area contributed by atoms with E-state index in [0.29, 0.717) is 5.15 Å². The van der Waals surface area contributed by atoms with Gasteiger partial charge in [0.25, 0.3) is 0 Å². The fourth-order valence-corrected chi connectivity index (χ4v) is 1.84. The maximum absolute atomic E-state index is 6.04. The van der Waals surface area contributed by atoms with Gasteiger partial charge in [-0.1, -0.05) is 30.1 Å². The molecule has 0 aliphatic heterocycles. The summed E-state index contributed by atoms with van der Waals surface area (Å²) >= 11 is 11.8. The molecule has 0 radical (unpaired) electrons. The standard InChI is InChI=1S/C10H8Cl2N2/c1-2-6-7(11)3-4-8-10(6)14-9(12)5-13-8/h3-5H,2H2,1H3. The molecule has 0 aliphatic rings. The lowest BCUT2D eigenvalue weighted by Gasteiger charge is -2.04. The highest BCUT2D eigenvalue weighted by Crippen LogP contribution is 2.24. The van der Waals surface area contributed by atoms with Crippen LogP contribution < -0.4 is 0 Å². The minimum Gasteiger partial charge on any atom is -0.251 e. The predicted molar refractivity (Wildman–Crippen MR) is 58.9 cm³/mol. The largest absolute Gasteiger partial charge is 0.251 e. The average Bonchev–Trinajstić information content (AvgIpc) is 2.17. The zero-order valence-electron chi connectivity index (χ0n) is 7.59. The Labute approximate surface area is 91.9 Å². The second kappa shape index (κ2) is 3.71. The van der Waals surface area contributed by atoms with Crippen molar-refractivity contribution in [3.63, 3.8) is 0 Å². The van der Waals surface area contributed by atoms with Crippen LogP contribution in [0.2, 0.25) is 10.2 Å². The first-order valence-electron chi connectivity index (χ1n) is 4.32. The molecule has 72 valence electrons. The van der Waals surface area contributed by atoms with Crippen LogP contribution in [0.15, 0.2) is 18.3 Å². The topological polar surface area (TPSA) is 25.8 Å². The summed E-state index contributed by atoms with van der Waals surface area (Å²) in [7, 11) is 0. The van der Waals surface area contributed by atoms with Crippen LogP contribution in [0.3, 0.4) is 0 Å². The summed E-state index contributed by atoms with van der Waals surface area (Å²) < 4.78 is 0. The zero-order chi connectivity index (χ0) is 10.1. The first-order valence-corrected chi connectivity index (χ1v) is 5.07. The van der Waals surface area contributed by atoms with Gasteiger partial charge >= 0.3 is 0 Å². The summed E-state index contributed by atoms with van der Waals surface area (Å²) in [6.45, 7) is 2.03. The number of hydrogen-bond acceptors (Lipinski definition) is 2. The van der Waals surface area contributed by atoms with Gasteiger partial charge in [0.1, 0.15) is 5.15 Å². The van der Waals surface area contributed by atoms with Crippen LogP contribution in [-0.2, 0) is 6.42 Å². The van der Waals surface area contributed by atoms with Crippen molar-refractivity contribution in [3.05, 3.63) is 34.1 Å². The van der Waals surface area contributed by atoms with Crippen molar-refractivity contribution in [2.45, 2.75) is 13.3 Å². The van der Waals surface area contributed by atoms with Gasteiger partial charge in [0.15, 0.2) is 0 Å². The van der Waals surface area contributed by atoms with E-state index in [0.717, 1.165) is 28.0 Å². The monoisotopic (exact) mass is 226 g/mol. The molecular formula is C10H8Cl2N2. The van der Waals surface area contributed by atoms with E-state index in [2.05, 4.69) is 9.97 Å². The molecule has 2 nitrogen and oxygen atoms in total. The van der Waals surface area contributed by atoms with Crippen LogP contribution in [0.4, 0.5) is 0 Å².